The lowest BCUT2D eigenvalue weighted by molar-refractivity contribution is 0.662. The number of pyridine rings is 3. The molecule has 7 aromatic rings. The molecule has 0 spiro atoms. The Morgan fingerprint density at radius 3 is 1.77 bits per heavy atom. The van der Waals surface area contributed by atoms with Crippen LogP contribution < -0.4 is 0 Å². The van der Waals surface area contributed by atoms with Crippen LogP contribution in [-0.4, -0.2) is 15.0 Å². The Morgan fingerprint density at radius 2 is 1.09 bits per heavy atom. The fraction of sp³-hybridized carbons (Fsp3) is 0.0750. The van der Waals surface area contributed by atoms with E-state index in [0.717, 1.165) is 44.9 Å². The minimum Gasteiger partial charge on any atom is -0.256 e. The van der Waals surface area contributed by atoms with Crippen molar-refractivity contribution < 1.29 is 0 Å². The maximum Gasteiger partial charge on any atom is 0.0759 e. The number of hydrogen-bond donors (Lipinski definition) is 0. The van der Waals surface area contributed by atoms with Gasteiger partial charge in [0.25, 0.3) is 0 Å². The quantitative estimate of drug-likeness (QED) is 0.218. The molecule has 0 N–H and O–H groups in total. The van der Waals surface area contributed by atoms with Gasteiger partial charge >= 0.3 is 0 Å². The van der Waals surface area contributed by atoms with Gasteiger partial charge in [0.1, 0.15) is 0 Å². The lowest BCUT2D eigenvalue weighted by atomic mass is 9.78. The largest absolute Gasteiger partial charge is 0.256 e. The highest BCUT2D eigenvalue weighted by atomic mass is 14.7. The molecule has 3 heteroatoms. The van der Waals surface area contributed by atoms with Crippen LogP contribution in [0.3, 0.4) is 0 Å². The van der Waals surface area contributed by atoms with Crippen molar-refractivity contribution in [1.29, 1.82) is 0 Å². The summed E-state index contributed by atoms with van der Waals surface area (Å²) in [5.74, 6) is 0. The van der Waals surface area contributed by atoms with Gasteiger partial charge < -0.3 is 0 Å². The number of fused-ring (bicyclic) bond motifs is 4. The summed E-state index contributed by atoms with van der Waals surface area (Å²) in [5.41, 5.74) is 14.6. The van der Waals surface area contributed by atoms with E-state index in [-0.39, 0.29) is 5.41 Å². The van der Waals surface area contributed by atoms with Crippen LogP contribution in [0.1, 0.15) is 25.0 Å². The monoisotopic (exact) mass is 551 g/mol. The second-order valence-electron chi connectivity index (χ2n) is 11.7. The van der Waals surface area contributed by atoms with Crippen molar-refractivity contribution in [3.63, 3.8) is 0 Å². The average molecular weight is 552 g/mol. The summed E-state index contributed by atoms with van der Waals surface area (Å²) in [6, 6.07) is 45.0. The van der Waals surface area contributed by atoms with E-state index < -0.39 is 0 Å². The summed E-state index contributed by atoms with van der Waals surface area (Å²) in [7, 11) is 0. The van der Waals surface area contributed by atoms with Crippen LogP contribution in [0.25, 0.3) is 66.9 Å². The fourth-order valence-electron chi connectivity index (χ4n) is 6.67. The summed E-state index contributed by atoms with van der Waals surface area (Å²) in [6.07, 6.45) is 3.68. The molecule has 43 heavy (non-hydrogen) atoms. The van der Waals surface area contributed by atoms with Crippen molar-refractivity contribution in [3.8, 4) is 56.0 Å². The number of aromatic nitrogens is 3. The molecule has 0 fully saturated rings. The van der Waals surface area contributed by atoms with Crippen LogP contribution in [0.15, 0.2) is 140 Å². The minimum atomic E-state index is -0.161. The lowest BCUT2D eigenvalue weighted by Gasteiger charge is -2.25. The standard InChI is InChI=1S/C40H29N3/c1-40(2)33-13-5-3-11-31(33)39-38(40)37(32-12-4-6-16-36(32)43-39)27-19-17-26(18-20-27)28-23-29(34-14-7-9-21-41-34)25-30(24-28)35-15-8-10-22-42-35/h3-25H,1-2H3. The third-order valence-electron chi connectivity index (χ3n) is 8.73. The Labute approximate surface area is 251 Å². The maximum absolute atomic E-state index is 5.21. The van der Waals surface area contributed by atoms with Gasteiger partial charge in [0.15, 0.2) is 0 Å². The molecule has 0 aliphatic heterocycles. The van der Waals surface area contributed by atoms with E-state index in [4.69, 9.17) is 4.98 Å². The fourth-order valence-corrected chi connectivity index (χ4v) is 6.67. The van der Waals surface area contributed by atoms with Gasteiger partial charge in [-0.3, -0.25) is 9.97 Å². The van der Waals surface area contributed by atoms with Gasteiger partial charge in [-0.2, -0.15) is 0 Å². The highest BCUT2D eigenvalue weighted by Gasteiger charge is 2.39. The van der Waals surface area contributed by atoms with Crippen LogP contribution in [0.5, 0.6) is 0 Å². The Kier molecular flexibility index (Phi) is 5.80. The molecule has 0 bridgehead atoms. The van der Waals surface area contributed by atoms with Crippen LogP contribution in [-0.2, 0) is 5.41 Å². The predicted molar refractivity (Wildman–Crippen MR) is 177 cm³/mol. The second-order valence-corrected chi connectivity index (χ2v) is 11.7. The van der Waals surface area contributed by atoms with Crippen LogP contribution in [0, 0.1) is 0 Å². The Morgan fingerprint density at radius 1 is 0.512 bits per heavy atom. The molecule has 0 amide bonds. The van der Waals surface area contributed by atoms with Gasteiger partial charge in [0.05, 0.1) is 22.6 Å². The third-order valence-corrected chi connectivity index (χ3v) is 8.73. The zero-order chi connectivity index (χ0) is 29.0. The number of para-hydroxylation sites is 1. The summed E-state index contributed by atoms with van der Waals surface area (Å²) in [4.78, 5) is 14.5. The Balaban J connectivity index is 1.30. The van der Waals surface area contributed by atoms with Crippen molar-refractivity contribution in [3.05, 3.63) is 151 Å². The third kappa shape index (κ3) is 4.16. The molecule has 0 radical (unpaired) electrons. The Bertz CT molecular complexity index is 2070. The molecule has 3 heterocycles. The van der Waals surface area contributed by atoms with Crippen molar-refractivity contribution in [2.45, 2.75) is 19.3 Å². The molecule has 0 atom stereocenters. The summed E-state index contributed by atoms with van der Waals surface area (Å²) < 4.78 is 0. The van der Waals surface area contributed by atoms with E-state index in [0.29, 0.717) is 0 Å². The molecule has 0 saturated carbocycles. The molecular formula is C40H29N3. The zero-order valence-electron chi connectivity index (χ0n) is 24.1. The topological polar surface area (TPSA) is 38.7 Å². The predicted octanol–water partition coefficient (Wildman–Crippen LogP) is 10.00. The number of nitrogens with zero attached hydrogens (tertiary/aromatic N) is 3. The van der Waals surface area contributed by atoms with Crippen LogP contribution >= 0.6 is 0 Å². The van der Waals surface area contributed by atoms with Crippen LogP contribution in [0.2, 0.25) is 0 Å². The van der Waals surface area contributed by atoms with Crippen molar-refractivity contribution in [2.24, 2.45) is 0 Å². The van der Waals surface area contributed by atoms with E-state index in [1.807, 2.05) is 36.7 Å². The van der Waals surface area contributed by atoms with Crippen molar-refractivity contribution in [2.75, 3.05) is 0 Å². The van der Waals surface area contributed by atoms with Crippen molar-refractivity contribution >= 4 is 10.9 Å². The zero-order valence-corrected chi connectivity index (χ0v) is 24.1. The molecule has 8 rings (SSSR count). The molecule has 204 valence electrons. The number of hydrogen-bond acceptors (Lipinski definition) is 3. The van der Waals surface area contributed by atoms with Gasteiger partial charge in [-0.15, -0.1) is 0 Å². The highest BCUT2D eigenvalue weighted by molar-refractivity contribution is 6.02. The number of benzene rings is 4. The molecular weight excluding hydrogens is 522 g/mol. The van der Waals surface area contributed by atoms with Crippen molar-refractivity contribution in [1.82, 2.24) is 15.0 Å². The van der Waals surface area contributed by atoms with Gasteiger partial charge in [0, 0.05) is 39.9 Å². The first-order chi connectivity index (χ1) is 21.1. The normalized spacial score (nSPS) is 13.1. The molecule has 0 saturated heterocycles. The van der Waals surface area contributed by atoms with E-state index in [1.165, 1.54) is 33.2 Å². The average Bonchev–Trinajstić information content (AvgIpc) is 3.30. The summed E-state index contributed by atoms with van der Waals surface area (Å²) in [5, 5.41) is 1.18. The van der Waals surface area contributed by atoms with Gasteiger partial charge in [-0.05, 0) is 81.9 Å². The molecule has 3 aromatic heterocycles. The van der Waals surface area contributed by atoms with Gasteiger partial charge in [-0.1, -0.05) is 92.7 Å². The van der Waals surface area contributed by atoms with Gasteiger partial charge in [-0.25, -0.2) is 4.98 Å². The van der Waals surface area contributed by atoms with E-state index >= 15 is 0 Å². The van der Waals surface area contributed by atoms with Crippen LogP contribution in [0.4, 0.5) is 0 Å². The minimum absolute atomic E-state index is 0.161. The first-order valence-corrected chi connectivity index (χ1v) is 14.7. The Hall–Kier alpha value is -5.41. The first kappa shape index (κ1) is 25.3. The molecule has 3 nitrogen and oxygen atoms in total. The van der Waals surface area contributed by atoms with Gasteiger partial charge in [0.2, 0.25) is 0 Å². The molecule has 1 aliphatic rings. The maximum atomic E-state index is 5.21. The lowest BCUT2D eigenvalue weighted by Crippen LogP contribution is -2.16. The van der Waals surface area contributed by atoms with E-state index in [2.05, 4.69) is 127 Å². The molecule has 4 aromatic carbocycles. The first-order valence-electron chi connectivity index (χ1n) is 14.7. The smallest absolute Gasteiger partial charge is 0.0759 e. The second kappa shape index (κ2) is 9.85. The van der Waals surface area contributed by atoms with E-state index in [9.17, 15) is 0 Å². The highest BCUT2D eigenvalue weighted by Crippen LogP contribution is 2.53. The summed E-state index contributed by atoms with van der Waals surface area (Å²) in [6.45, 7) is 4.66. The molecule has 1 aliphatic carbocycles. The number of rotatable bonds is 4. The SMILES string of the molecule is CC1(C)c2ccccc2-c2nc3ccccc3c(-c3ccc(-c4cc(-c5ccccn5)cc(-c5ccccn5)c4)cc3)c21. The van der Waals surface area contributed by atoms with E-state index in [1.54, 1.807) is 0 Å². The molecule has 0 unspecified atom stereocenters. The summed E-state index contributed by atoms with van der Waals surface area (Å²) >= 11 is 0.